The molecule has 3 aromatic carbocycles. The molecule has 0 fully saturated rings. The number of nitrogens with one attached hydrogen (secondary N) is 1. The second kappa shape index (κ2) is 9.70. The highest BCUT2D eigenvalue weighted by molar-refractivity contribution is 5.94. The molecule has 0 saturated heterocycles. The van der Waals surface area contributed by atoms with Crippen LogP contribution in [0, 0.1) is 5.82 Å². The van der Waals surface area contributed by atoms with E-state index < -0.39 is 0 Å². The fourth-order valence-electron chi connectivity index (χ4n) is 2.97. The van der Waals surface area contributed by atoms with Crippen LogP contribution in [-0.2, 0) is 6.54 Å². The van der Waals surface area contributed by atoms with Crippen LogP contribution in [0.2, 0.25) is 0 Å². The molecule has 0 atom stereocenters. The zero-order valence-corrected chi connectivity index (χ0v) is 17.3. The molecule has 0 aliphatic carbocycles. The average molecular weight is 429 g/mol. The summed E-state index contributed by atoms with van der Waals surface area (Å²) in [7, 11) is 1.61. The predicted molar refractivity (Wildman–Crippen MR) is 118 cm³/mol. The molecule has 0 radical (unpaired) electrons. The maximum Gasteiger partial charge on any atom is 0.321 e. The summed E-state index contributed by atoms with van der Waals surface area (Å²) in [6, 6.07) is 20.5. The van der Waals surface area contributed by atoms with E-state index in [1.165, 1.54) is 24.3 Å². The van der Waals surface area contributed by atoms with Gasteiger partial charge < -0.3 is 14.8 Å². The molecule has 0 bridgehead atoms. The zero-order chi connectivity index (χ0) is 22.3. The summed E-state index contributed by atoms with van der Waals surface area (Å²) in [4.78, 5) is 20.8. The maximum absolute atomic E-state index is 13.0. The number of carbonyl (C=O) groups excluding carboxylic acids is 1. The summed E-state index contributed by atoms with van der Waals surface area (Å²) in [6.07, 6.45) is 3.26. The molecule has 1 aromatic heterocycles. The van der Waals surface area contributed by atoms with E-state index in [0.29, 0.717) is 17.9 Å². The highest BCUT2D eigenvalue weighted by atomic mass is 19.1. The third-order valence-corrected chi connectivity index (χ3v) is 4.74. The van der Waals surface area contributed by atoms with E-state index in [-0.39, 0.29) is 17.7 Å². The van der Waals surface area contributed by atoms with Gasteiger partial charge in [0.15, 0.2) is 0 Å². The van der Waals surface area contributed by atoms with Crippen molar-refractivity contribution in [2.45, 2.75) is 6.54 Å². The van der Waals surface area contributed by atoms with Gasteiger partial charge in [0.05, 0.1) is 7.11 Å². The van der Waals surface area contributed by atoms with Gasteiger partial charge in [-0.1, -0.05) is 24.3 Å². The lowest BCUT2D eigenvalue weighted by Crippen LogP contribution is -2.22. The molecule has 160 valence electrons. The van der Waals surface area contributed by atoms with Gasteiger partial charge in [0.2, 0.25) is 0 Å². The minimum atomic E-state index is -0.341. The van der Waals surface area contributed by atoms with Gasteiger partial charge in [0.1, 0.15) is 17.3 Å². The van der Waals surface area contributed by atoms with Gasteiger partial charge in [-0.25, -0.2) is 14.4 Å². The number of rotatable bonds is 7. The van der Waals surface area contributed by atoms with Crippen LogP contribution in [0.4, 0.5) is 4.39 Å². The van der Waals surface area contributed by atoms with Crippen molar-refractivity contribution in [3.8, 4) is 28.6 Å². The second-order valence-corrected chi connectivity index (χ2v) is 6.92. The van der Waals surface area contributed by atoms with Crippen LogP contribution < -0.4 is 14.8 Å². The molecule has 0 saturated carbocycles. The normalized spacial score (nSPS) is 10.4. The third kappa shape index (κ3) is 5.26. The largest absolute Gasteiger partial charge is 0.497 e. The van der Waals surface area contributed by atoms with E-state index in [4.69, 9.17) is 9.47 Å². The maximum atomic E-state index is 13.0. The Kier molecular flexibility index (Phi) is 6.36. The van der Waals surface area contributed by atoms with Gasteiger partial charge in [-0.3, -0.25) is 4.79 Å². The van der Waals surface area contributed by atoms with Gasteiger partial charge in [0, 0.05) is 30.1 Å². The van der Waals surface area contributed by atoms with Crippen LogP contribution in [0.25, 0.3) is 11.1 Å². The number of hydrogen-bond donors (Lipinski definition) is 1. The van der Waals surface area contributed by atoms with Crippen LogP contribution in [0.5, 0.6) is 17.5 Å². The molecule has 1 N–H and O–H groups in total. The lowest BCUT2D eigenvalue weighted by Gasteiger charge is -2.08. The fourth-order valence-corrected chi connectivity index (χ4v) is 2.97. The quantitative estimate of drug-likeness (QED) is 0.447. The number of aromatic nitrogens is 2. The number of hydrogen-bond acceptors (Lipinski definition) is 5. The van der Waals surface area contributed by atoms with Gasteiger partial charge in [-0.05, 0) is 59.7 Å². The molecular weight excluding hydrogens is 409 g/mol. The van der Waals surface area contributed by atoms with E-state index in [2.05, 4.69) is 15.3 Å². The third-order valence-electron chi connectivity index (χ3n) is 4.74. The predicted octanol–water partition coefficient (Wildman–Crippen LogP) is 5.01. The summed E-state index contributed by atoms with van der Waals surface area (Å²) in [5.41, 5.74) is 3.18. The average Bonchev–Trinajstić information content (AvgIpc) is 2.85. The van der Waals surface area contributed by atoms with Crippen LogP contribution >= 0.6 is 0 Å². The standard InChI is InChI=1S/C25H20FN3O3/c1-31-22-10-2-17(3-11-22)14-27-24(30)19-6-4-18(5-7-19)20-15-28-25(29-16-20)32-23-12-8-21(26)9-13-23/h2-13,15-16H,14H2,1H3,(H,27,30). The second-order valence-electron chi connectivity index (χ2n) is 6.92. The highest BCUT2D eigenvalue weighted by Gasteiger charge is 2.08. The van der Waals surface area contributed by atoms with Crippen molar-refractivity contribution in [1.29, 1.82) is 0 Å². The number of ether oxygens (including phenoxy) is 2. The first-order valence-corrected chi connectivity index (χ1v) is 9.88. The monoisotopic (exact) mass is 429 g/mol. The molecule has 1 heterocycles. The van der Waals surface area contributed by atoms with Crippen LogP contribution in [0.1, 0.15) is 15.9 Å². The van der Waals surface area contributed by atoms with E-state index in [1.54, 1.807) is 31.6 Å². The van der Waals surface area contributed by atoms with Crippen molar-refractivity contribution in [2.75, 3.05) is 7.11 Å². The van der Waals surface area contributed by atoms with Gasteiger partial charge in [0.25, 0.3) is 5.91 Å². The van der Waals surface area contributed by atoms with Gasteiger partial charge >= 0.3 is 6.01 Å². The minimum absolute atomic E-state index is 0.160. The number of halogens is 1. The van der Waals surface area contributed by atoms with Crippen molar-refractivity contribution < 1.29 is 18.7 Å². The fraction of sp³-hybridized carbons (Fsp3) is 0.0800. The Morgan fingerprint density at radius 3 is 2.09 bits per heavy atom. The minimum Gasteiger partial charge on any atom is -0.497 e. The molecule has 0 aliphatic rings. The van der Waals surface area contributed by atoms with Gasteiger partial charge in [-0.2, -0.15) is 0 Å². The lowest BCUT2D eigenvalue weighted by atomic mass is 10.1. The summed E-state index contributed by atoms with van der Waals surface area (Å²) >= 11 is 0. The first kappa shape index (κ1) is 21.0. The SMILES string of the molecule is COc1ccc(CNC(=O)c2ccc(-c3cnc(Oc4ccc(F)cc4)nc3)cc2)cc1. The molecule has 7 heteroatoms. The van der Waals surface area contributed by atoms with Crippen LogP contribution in [0.15, 0.2) is 85.2 Å². The van der Waals surface area contributed by atoms with Crippen molar-refractivity contribution in [2.24, 2.45) is 0 Å². The Hall–Kier alpha value is -4.26. The molecule has 4 aromatic rings. The van der Waals surface area contributed by atoms with E-state index >= 15 is 0 Å². The van der Waals surface area contributed by atoms with Crippen molar-refractivity contribution >= 4 is 5.91 Å². The number of benzene rings is 3. The Morgan fingerprint density at radius 2 is 1.47 bits per heavy atom. The Bertz CT molecular complexity index is 1180. The lowest BCUT2D eigenvalue weighted by molar-refractivity contribution is 0.0951. The number of carbonyl (C=O) groups is 1. The van der Waals surface area contributed by atoms with E-state index in [0.717, 1.165) is 22.4 Å². The summed E-state index contributed by atoms with van der Waals surface area (Å²) in [5.74, 6) is 0.719. The summed E-state index contributed by atoms with van der Waals surface area (Å²) in [5, 5.41) is 2.90. The first-order valence-electron chi connectivity index (χ1n) is 9.88. The van der Waals surface area contributed by atoms with Gasteiger partial charge in [-0.15, -0.1) is 0 Å². The van der Waals surface area contributed by atoms with Crippen molar-refractivity contribution in [3.63, 3.8) is 0 Å². The van der Waals surface area contributed by atoms with Crippen molar-refractivity contribution in [3.05, 3.63) is 102 Å². The molecule has 32 heavy (non-hydrogen) atoms. The molecule has 0 aliphatic heterocycles. The first-order chi connectivity index (χ1) is 15.6. The number of nitrogens with zero attached hydrogens (tertiary/aromatic N) is 2. The number of amides is 1. The summed E-state index contributed by atoms with van der Waals surface area (Å²) in [6.45, 7) is 0.425. The van der Waals surface area contributed by atoms with E-state index in [1.807, 2.05) is 36.4 Å². The molecule has 6 nitrogen and oxygen atoms in total. The topological polar surface area (TPSA) is 73.3 Å². The number of methoxy groups -OCH3 is 1. The van der Waals surface area contributed by atoms with Crippen LogP contribution in [-0.4, -0.2) is 23.0 Å². The van der Waals surface area contributed by atoms with Crippen LogP contribution in [0.3, 0.4) is 0 Å². The highest BCUT2D eigenvalue weighted by Crippen LogP contribution is 2.22. The Morgan fingerprint density at radius 1 is 0.844 bits per heavy atom. The summed E-state index contributed by atoms with van der Waals surface area (Å²) < 4.78 is 23.6. The Labute approximate surface area is 184 Å². The molecular formula is C25H20FN3O3. The Balaban J connectivity index is 1.36. The molecule has 0 spiro atoms. The zero-order valence-electron chi connectivity index (χ0n) is 17.3. The molecule has 1 amide bonds. The molecule has 0 unspecified atom stereocenters. The van der Waals surface area contributed by atoms with Crippen molar-refractivity contribution in [1.82, 2.24) is 15.3 Å². The smallest absolute Gasteiger partial charge is 0.321 e. The molecule has 4 rings (SSSR count). The van der Waals surface area contributed by atoms with E-state index in [9.17, 15) is 9.18 Å².